The molecule has 13 heavy (non-hydrogen) atoms. The summed E-state index contributed by atoms with van der Waals surface area (Å²) in [5, 5.41) is 14.3. The predicted molar refractivity (Wildman–Crippen MR) is 47.2 cm³/mol. The van der Waals surface area contributed by atoms with Crippen LogP contribution in [-0.2, 0) is 17.4 Å². The monoisotopic (exact) mass is 182 g/mol. The van der Waals surface area contributed by atoms with Gasteiger partial charge in [0.1, 0.15) is 5.60 Å². The van der Waals surface area contributed by atoms with E-state index in [1.165, 1.54) is 0 Å². The Morgan fingerprint density at radius 1 is 1.69 bits per heavy atom. The molecular formula is C9H14N2O2. The van der Waals surface area contributed by atoms with Crippen LogP contribution in [-0.4, -0.2) is 28.1 Å². The van der Waals surface area contributed by atoms with Gasteiger partial charge in [0.15, 0.2) is 0 Å². The Labute approximate surface area is 77.1 Å². The zero-order valence-electron chi connectivity index (χ0n) is 7.73. The molecule has 2 rings (SSSR count). The highest BCUT2D eigenvalue weighted by molar-refractivity contribution is 5.12. The molecule has 0 saturated carbocycles. The highest BCUT2D eigenvalue weighted by atomic mass is 16.5. The van der Waals surface area contributed by atoms with E-state index < -0.39 is 5.60 Å². The van der Waals surface area contributed by atoms with Gasteiger partial charge in [-0.2, -0.15) is 5.10 Å². The van der Waals surface area contributed by atoms with Crippen LogP contribution in [0.5, 0.6) is 0 Å². The van der Waals surface area contributed by atoms with Crippen molar-refractivity contribution in [3.8, 4) is 0 Å². The minimum absolute atomic E-state index is 0.381. The van der Waals surface area contributed by atoms with Crippen molar-refractivity contribution in [2.24, 2.45) is 7.05 Å². The molecule has 0 spiro atoms. The van der Waals surface area contributed by atoms with Gasteiger partial charge in [0.2, 0.25) is 0 Å². The van der Waals surface area contributed by atoms with Crippen LogP contribution in [0.15, 0.2) is 12.3 Å². The molecule has 0 radical (unpaired) electrons. The molecule has 1 aromatic rings. The highest BCUT2D eigenvalue weighted by Gasteiger charge is 2.34. The molecule has 0 aliphatic carbocycles. The first-order valence-corrected chi connectivity index (χ1v) is 4.51. The summed E-state index contributed by atoms with van der Waals surface area (Å²) in [5.74, 6) is 0. The Morgan fingerprint density at radius 3 is 3.08 bits per heavy atom. The molecule has 1 unspecified atom stereocenters. The molecule has 0 aromatic carbocycles. The number of nitrogens with zero attached hydrogens (tertiary/aromatic N) is 2. The number of aliphatic hydroxyl groups is 1. The molecule has 72 valence electrons. The highest BCUT2D eigenvalue weighted by Crippen LogP contribution is 2.29. The average molecular weight is 182 g/mol. The molecule has 1 aromatic heterocycles. The number of hydrogen-bond donors (Lipinski definition) is 1. The smallest absolute Gasteiger partial charge is 0.129 e. The third-order valence-electron chi connectivity index (χ3n) is 2.52. The van der Waals surface area contributed by atoms with Gasteiger partial charge >= 0.3 is 0 Å². The molecule has 0 amide bonds. The Hall–Kier alpha value is -0.870. The molecule has 4 heteroatoms. The number of rotatable bonds is 1. The van der Waals surface area contributed by atoms with Crippen molar-refractivity contribution in [2.75, 3.05) is 13.2 Å². The fourth-order valence-electron chi connectivity index (χ4n) is 1.81. The van der Waals surface area contributed by atoms with E-state index in [1.807, 2.05) is 13.1 Å². The standard InChI is InChI=1S/C9H14N2O2/c1-11-8(3-5-10-11)9(12)4-2-6-13-7-9/h3,5,12H,2,4,6-7H2,1H3. The minimum atomic E-state index is -0.830. The molecule has 4 nitrogen and oxygen atoms in total. The van der Waals surface area contributed by atoms with Crippen LogP contribution in [0.3, 0.4) is 0 Å². The summed E-state index contributed by atoms with van der Waals surface area (Å²) < 4.78 is 6.98. The first-order chi connectivity index (χ1) is 6.22. The van der Waals surface area contributed by atoms with Crippen molar-refractivity contribution in [1.29, 1.82) is 0 Å². The SMILES string of the molecule is Cn1nccc1C1(O)CCCOC1. The van der Waals surface area contributed by atoms with Gasteiger partial charge in [-0.3, -0.25) is 4.68 Å². The molecule has 2 heterocycles. The van der Waals surface area contributed by atoms with Gasteiger partial charge in [0.05, 0.1) is 12.3 Å². The third-order valence-corrected chi connectivity index (χ3v) is 2.52. The van der Waals surface area contributed by atoms with E-state index in [0.29, 0.717) is 6.61 Å². The van der Waals surface area contributed by atoms with Gasteiger partial charge in [-0.15, -0.1) is 0 Å². The lowest BCUT2D eigenvalue weighted by Gasteiger charge is -2.31. The van der Waals surface area contributed by atoms with Crippen LogP contribution in [0.1, 0.15) is 18.5 Å². The maximum atomic E-state index is 10.2. The van der Waals surface area contributed by atoms with Crippen LogP contribution in [0.4, 0.5) is 0 Å². The summed E-state index contributed by atoms with van der Waals surface area (Å²) in [6, 6.07) is 1.84. The predicted octanol–water partition coefficient (Wildman–Crippen LogP) is 0.418. The zero-order valence-corrected chi connectivity index (χ0v) is 7.73. The summed E-state index contributed by atoms with van der Waals surface area (Å²) in [5.41, 5.74) is 0.0101. The fraction of sp³-hybridized carbons (Fsp3) is 0.667. The van der Waals surface area contributed by atoms with Crippen molar-refractivity contribution in [2.45, 2.75) is 18.4 Å². The number of aryl methyl sites for hydroxylation is 1. The van der Waals surface area contributed by atoms with E-state index >= 15 is 0 Å². The Bertz CT molecular complexity index is 290. The summed E-state index contributed by atoms with van der Waals surface area (Å²) in [6.45, 7) is 1.13. The van der Waals surface area contributed by atoms with E-state index in [1.54, 1.807) is 10.9 Å². The van der Waals surface area contributed by atoms with Gasteiger partial charge < -0.3 is 9.84 Å². The van der Waals surface area contributed by atoms with Gasteiger partial charge in [0, 0.05) is 19.9 Å². The second kappa shape index (κ2) is 3.12. The molecular weight excluding hydrogens is 168 g/mol. The molecule has 1 N–H and O–H groups in total. The second-order valence-electron chi connectivity index (χ2n) is 3.53. The lowest BCUT2D eigenvalue weighted by molar-refractivity contribution is -0.0947. The van der Waals surface area contributed by atoms with E-state index in [9.17, 15) is 5.11 Å². The van der Waals surface area contributed by atoms with Crippen LogP contribution < -0.4 is 0 Å². The maximum absolute atomic E-state index is 10.2. The molecule has 0 bridgehead atoms. The van der Waals surface area contributed by atoms with Crippen LogP contribution in [0, 0.1) is 0 Å². The Balaban J connectivity index is 2.27. The Kier molecular flexibility index (Phi) is 2.09. The summed E-state index contributed by atoms with van der Waals surface area (Å²) >= 11 is 0. The average Bonchev–Trinajstić information content (AvgIpc) is 2.53. The van der Waals surface area contributed by atoms with Crippen molar-refractivity contribution >= 4 is 0 Å². The minimum Gasteiger partial charge on any atom is -0.381 e. The van der Waals surface area contributed by atoms with Gasteiger partial charge in [0.25, 0.3) is 0 Å². The topological polar surface area (TPSA) is 47.3 Å². The third kappa shape index (κ3) is 1.47. The lowest BCUT2D eigenvalue weighted by atomic mass is 9.93. The van der Waals surface area contributed by atoms with Gasteiger partial charge in [-0.1, -0.05) is 0 Å². The van der Waals surface area contributed by atoms with E-state index in [4.69, 9.17) is 4.74 Å². The Morgan fingerprint density at radius 2 is 2.54 bits per heavy atom. The molecule has 1 saturated heterocycles. The lowest BCUT2D eigenvalue weighted by Crippen LogP contribution is -2.37. The van der Waals surface area contributed by atoms with E-state index in [2.05, 4.69) is 5.10 Å². The molecule has 1 atom stereocenters. The summed E-state index contributed by atoms with van der Waals surface area (Å²) in [6.07, 6.45) is 3.36. The first kappa shape index (κ1) is 8.72. The second-order valence-corrected chi connectivity index (χ2v) is 3.53. The summed E-state index contributed by atoms with van der Waals surface area (Å²) in [7, 11) is 1.84. The molecule has 1 aliphatic rings. The summed E-state index contributed by atoms with van der Waals surface area (Å²) in [4.78, 5) is 0. The van der Waals surface area contributed by atoms with Crippen molar-refractivity contribution < 1.29 is 9.84 Å². The van der Waals surface area contributed by atoms with E-state index in [0.717, 1.165) is 25.1 Å². The largest absolute Gasteiger partial charge is 0.381 e. The van der Waals surface area contributed by atoms with Crippen LogP contribution in [0.25, 0.3) is 0 Å². The van der Waals surface area contributed by atoms with Crippen molar-refractivity contribution in [3.63, 3.8) is 0 Å². The quantitative estimate of drug-likeness (QED) is 0.684. The van der Waals surface area contributed by atoms with Crippen molar-refractivity contribution in [1.82, 2.24) is 9.78 Å². The molecule has 1 fully saturated rings. The van der Waals surface area contributed by atoms with Gasteiger partial charge in [-0.05, 0) is 18.9 Å². The van der Waals surface area contributed by atoms with Crippen LogP contribution >= 0.6 is 0 Å². The zero-order chi connectivity index (χ0) is 9.31. The molecule has 1 aliphatic heterocycles. The maximum Gasteiger partial charge on any atom is 0.129 e. The number of ether oxygens (including phenoxy) is 1. The number of hydrogen-bond acceptors (Lipinski definition) is 3. The van der Waals surface area contributed by atoms with E-state index in [-0.39, 0.29) is 0 Å². The first-order valence-electron chi connectivity index (χ1n) is 4.51. The van der Waals surface area contributed by atoms with Gasteiger partial charge in [-0.25, -0.2) is 0 Å². The number of aromatic nitrogens is 2. The normalized spacial score (nSPS) is 29.1. The van der Waals surface area contributed by atoms with Crippen LogP contribution in [0.2, 0.25) is 0 Å². The fourth-order valence-corrected chi connectivity index (χ4v) is 1.81. The van der Waals surface area contributed by atoms with Crippen molar-refractivity contribution in [3.05, 3.63) is 18.0 Å².